The molecule has 0 saturated heterocycles. The van der Waals surface area contributed by atoms with Gasteiger partial charge in [0.05, 0.1) is 0 Å². The normalized spacial score (nSPS) is 12.6. The molecule has 0 unspecified atom stereocenters. The quantitative estimate of drug-likeness (QED) is 0.0893. The van der Waals surface area contributed by atoms with E-state index in [1.54, 1.807) is 0 Å². The Morgan fingerprint density at radius 3 is 2.12 bits per heavy atom. The molecule has 6 heteroatoms. The van der Waals surface area contributed by atoms with Crippen LogP contribution >= 0.6 is 22.7 Å². The predicted octanol–water partition coefficient (Wildman–Crippen LogP) is 14.4. The molecule has 277 valence electrons. The molecule has 0 spiro atoms. The average Bonchev–Trinajstić information content (AvgIpc) is 3.67. The third-order valence-corrected chi connectivity index (χ3v) is 13.5. The van der Waals surface area contributed by atoms with Gasteiger partial charge in [-0.1, -0.05) is 104 Å². The summed E-state index contributed by atoms with van der Waals surface area (Å²) in [6.07, 6.45) is 6.70. The predicted molar refractivity (Wildman–Crippen MR) is 223 cm³/mol. The molecule has 0 fully saturated rings. The Kier molecular flexibility index (Phi) is 13.2. The number of pyridine rings is 1. The zero-order valence-electron chi connectivity index (χ0n) is 32.7. The number of carbonyl (C=O) groups is 1. The number of aromatic nitrogens is 1. The number of aryl methyl sites for hydroxylation is 2. The first-order chi connectivity index (χ1) is 24.1. The van der Waals surface area contributed by atoms with Gasteiger partial charge < -0.3 is 5.11 Å². The summed E-state index contributed by atoms with van der Waals surface area (Å²) in [5.41, 5.74) is 5.45. The Hall–Kier alpha value is -3.15. The fourth-order valence-electron chi connectivity index (χ4n) is 6.64. The SMILES string of the molecule is CCC(C)(CC)C(=O)/C=C(\O)C(C)(CC)CC.Cc1cc2ccc(-c3sc4ccnc(-c5[c-]c6ccccc6c(C(C)(C)C)c5)c4c3C)cc2s1.[Ir]. The molecule has 0 bridgehead atoms. The second kappa shape index (κ2) is 16.5. The van der Waals surface area contributed by atoms with Crippen molar-refractivity contribution in [2.75, 3.05) is 0 Å². The summed E-state index contributed by atoms with van der Waals surface area (Å²) < 4.78 is 2.63. The summed E-state index contributed by atoms with van der Waals surface area (Å²) in [5.74, 6) is 0.286. The number of hydrogen-bond acceptors (Lipinski definition) is 5. The monoisotopic (exact) mass is 909 g/mol. The molecule has 6 aromatic rings. The fraction of sp³-hybridized carbons (Fsp3) is 0.391. The zero-order valence-corrected chi connectivity index (χ0v) is 36.7. The maximum Gasteiger partial charge on any atom is 0.164 e. The van der Waals surface area contributed by atoms with Crippen molar-refractivity contribution in [2.24, 2.45) is 10.8 Å². The number of ketones is 1. The number of hydrogen-bond donors (Lipinski definition) is 1. The summed E-state index contributed by atoms with van der Waals surface area (Å²) in [4.78, 5) is 19.8. The van der Waals surface area contributed by atoms with E-state index >= 15 is 0 Å². The van der Waals surface area contributed by atoms with E-state index in [0.717, 1.165) is 42.3 Å². The minimum atomic E-state index is -0.337. The van der Waals surface area contributed by atoms with Gasteiger partial charge in [-0.25, -0.2) is 0 Å². The average molecular weight is 909 g/mol. The van der Waals surface area contributed by atoms with Crippen LogP contribution in [0.4, 0.5) is 0 Å². The van der Waals surface area contributed by atoms with Crippen molar-refractivity contribution in [3.05, 3.63) is 101 Å². The smallest absolute Gasteiger partial charge is 0.164 e. The van der Waals surface area contributed by atoms with Gasteiger partial charge in [0, 0.05) is 68.1 Å². The first-order valence-corrected chi connectivity index (χ1v) is 20.0. The van der Waals surface area contributed by atoms with Gasteiger partial charge in [0.15, 0.2) is 5.78 Å². The molecule has 3 aromatic carbocycles. The van der Waals surface area contributed by atoms with E-state index in [4.69, 9.17) is 4.98 Å². The third-order valence-electron chi connectivity index (χ3n) is 11.2. The molecule has 0 aliphatic heterocycles. The minimum absolute atomic E-state index is 0. The number of allylic oxidation sites excluding steroid dienone is 2. The van der Waals surface area contributed by atoms with Crippen LogP contribution in [0.1, 0.15) is 104 Å². The van der Waals surface area contributed by atoms with Crippen LogP contribution in [0.25, 0.3) is 52.6 Å². The first-order valence-electron chi connectivity index (χ1n) is 18.4. The standard InChI is InChI=1S/C31H26NS2.C15H28O2.Ir/c1-18-14-21-10-11-22(17-27(21)33-18)30-19(2)28-26(34-30)12-13-32-29(28)23-15-20-8-6-7-9-24(20)25(16-23)31(3,4)5;1-7-14(5,8-2)12(16)11-13(17)15(6,9-3)10-4;/h6-14,16-17H,1-5H3;11,16H,7-10H2,1-6H3;/q-1;;/b;12-11-;. The molecule has 3 nitrogen and oxygen atoms in total. The first kappa shape index (κ1) is 41.6. The van der Waals surface area contributed by atoms with Crippen LogP contribution in [0.15, 0.2) is 78.7 Å². The molecule has 0 aliphatic carbocycles. The summed E-state index contributed by atoms with van der Waals surface area (Å²) in [5, 5.41) is 15.1. The Morgan fingerprint density at radius 2 is 1.48 bits per heavy atom. The van der Waals surface area contributed by atoms with E-state index in [1.165, 1.54) is 58.1 Å². The van der Waals surface area contributed by atoms with E-state index < -0.39 is 0 Å². The number of thiophene rings is 2. The van der Waals surface area contributed by atoms with Crippen molar-refractivity contribution in [3.63, 3.8) is 0 Å². The van der Waals surface area contributed by atoms with Gasteiger partial charge in [-0.2, -0.15) is 0 Å². The van der Waals surface area contributed by atoms with Crippen LogP contribution in [-0.2, 0) is 30.3 Å². The summed E-state index contributed by atoms with van der Waals surface area (Å²) in [6, 6.07) is 25.9. The molecule has 3 heterocycles. The largest absolute Gasteiger partial charge is 0.512 e. The molecular weight excluding hydrogens is 855 g/mol. The van der Waals surface area contributed by atoms with Crippen molar-refractivity contribution in [3.8, 4) is 21.7 Å². The van der Waals surface area contributed by atoms with Gasteiger partial charge in [-0.3, -0.25) is 9.78 Å². The van der Waals surface area contributed by atoms with Crippen LogP contribution in [0, 0.1) is 30.7 Å². The zero-order chi connectivity index (χ0) is 37.3. The second-order valence-corrected chi connectivity index (χ2v) is 17.9. The molecule has 0 atom stereocenters. The molecule has 0 aliphatic rings. The van der Waals surface area contributed by atoms with Gasteiger partial charge in [-0.05, 0) is 85.0 Å². The van der Waals surface area contributed by atoms with Gasteiger partial charge in [-0.15, -0.1) is 51.8 Å². The molecular formula is C46H54IrNO2S2-. The maximum absolute atomic E-state index is 12.2. The minimum Gasteiger partial charge on any atom is -0.512 e. The number of fused-ring (bicyclic) bond motifs is 3. The molecule has 3 aromatic heterocycles. The van der Waals surface area contributed by atoms with Crippen molar-refractivity contribution in [2.45, 2.75) is 107 Å². The van der Waals surface area contributed by atoms with Crippen LogP contribution in [-0.4, -0.2) is 15.9 Å². The number of carbonyl (C=O) groups excluding carboxylic acids is 1. The number of rotatable bonds is 9. The van der Waals surface area contributed by atoms with Crippen molar-refractivity contribution < 1.29 is 30.0 Å². The van der Waals surface area contributed by atoms with Crippen LogP contribution < -0.4 is 0 Å². The number of aliphatic hydroxyl groups excluding tert-OH is 1. The molecule has 1 radical (unpaired) electrons. The van der Waals surface area contributed by atoms with Gasteiger partial charge in [0.25, 0.3) is 0 Å². The number of benzene rings is 3. The Balaban J connectivity index is 0.000000289. The van der Waals surface area contributed by atoms with Crippen LogP contribution in [0.3, 0.4) is 0 Å². The molecule has 52 heavy (non-hydrogen) atoms. The van der Waals surface area contributed by atoms with Gasteiger partial charge >= 0.3 is 0 Å². The Bertz CT molecular complexity index is 2220. The van der Waals surface area contributed by atoms with E-state index in [9.17, 15) is 9.90 Å². The van der Waals surface area contributed by atoms with E-state index in [2.05, 4.69) is 101 Å². The summed E-state index contributed by atoms with van der Waals surface area (Å²) in [7, 11) is 0. The van der Waals surface area contributed by atoms with Gasteiger partial charge in [0.1, 0.15) is 5.76 Å². The molecule has 0 amide bonds. The number of nitrogens with zero attached hydrogens (tertiary/aromatic N) is 1. The van der Waals surface area contributed by atoms with Gasteiger partial charge in [0.2, 0.25) is 0 Å². The summed E-state index contributed by atoms with van der Waals surface area (Å²) >= 11 is 3.73. The van der Waals surface area contributed by atoms with E-state index in [-0.39, 0.29) is 47.9 Å². The second-order valence-electron chi connectivity index (χ2n) is 15.5. The summed E-state index contributed by atoms with van der Waals surface area (Å²) in [6.45, 7) is 23.3. The van der Waals surface area contributed by atoms with Crippen molar-refractivity contribution >= 4 is 59.4 Å². The maximum atomic E-state index is 12.2. The fourth-order valence-corrected chi connectivity index (χ4v) is 8.80. The topological polar surface area (TPSA) is 50.2 Å². The van der Waals surface area contributed by atoms with Crippen LogP contribution in [0.2, 0.25) is 0 Å². The molecule has 0 saturated carbocycles. The van der Waals surface area contributed by atoms with Crippen LogP contribution in [0.5, 0.6) is 0 Å². The van der Waals surface area contributed by atoms with E-state index in [1.807, 2.05) is 70.4 Å². The van der Waals surface area contributed by atoms with Crippen molar-refractivity contribution in [1.82, 2.24) is 4.98 Å². The van der Waals surface area contributed by atoms with Crippen molar-refractivity contribution in [1.29, 1.82) is 0 Å². The Labute approximate surface area is 333 Å². The van der Waals surface area contributed by atoms with E-state index in [0.29, 0.717) is 0 Å². The Morgan fingerprint density at radius 1 is 0.827 bits per heavy atom. The number of aliphatic hydroxyl groups is 1. The third kappa shape index (κ3) is 8.31. The molecule has 1 N–H and O–H groups in total. The molecule has 6 rings (SSSR count).